The molecule has 1 aromatic heterocycles. The Morgan fingerprint density at radius 2 is 1.85 bits per heavy atom. The van der Waals surface area contributed by atoms with Gasteiger partial charge in [0.15, 0.2) is 0 Å². The van der Waals surface area contributed by atoms with Gasteiger partial charge in [-0.05, 0) is 58.8 Å². The van der Waals surface area contributed by atoms with E-state index in [0.29, 0.717) is 11.9 Å². The Kier molecular flexibility index (Phi) is 3.73. The first kappa shape index (κ1) is 13.9. The van der Waals surface area contributed by atoms with E-state index in [0.717, 1.165) is 16.6 Å². The van der Waals surface area contributed by atoms with Crippen LogP contribution in [0.5, 0.6) is 0 Å². The number of hydrogen-bond donors (Lipinski definition) is 0. The second-order valence-corrected chi connectivity index (χ2v) is 6.45. The minimum absolute atomic E-state index is 0.0125. The summed E-state index contributed by atoms with van der Waals surface area (Å²) in [7, 11) is 0. The molecular weight excluding hydrogens is 392 g/mol. The van der Waals surface area contributed by atoms with Gasteiger partial charge in [-0.2, -0.15) is 5.10 Å². The Balaban J connectivity index is 2.26. The number of aryl methyl sites for hydroxylation is 1. The SMILES string of the molecule is Cc1nn(PI)c2ccc(-c3c(F)cccc3F)cc12. The molecule has 0 aliphatic rings. The molecule has 0 saturated carbocycles. The van der Waals surface area contributed by atoms with Crippen LogP contribution in [0.4, 0.5) is 8.78 Å². The molecule has 0 bridgehead atoms. The van der Waals surface area contributed by atoms with Gasteiger partial charge in [-0.1, -0.05) is 12.1 Å². The second-order valence-electron chi connectivity index (χ2n) is 4.41. The summed E-state index contributed by atoms with van der Waals surface area (Å²) >= 11 is 2.25. The molecule has 0 N–H and O–H groups in total. The van der Waals surface area contributed by atoms with Gasteiger partial charge in [0, 0.05) is 5.39 Å². The van der Waals surface area contributed by atoms with Crippen LogP contribution in [0.2, 0.25) is 0 Å². The number of fused-ring (bicyclic) bond motifs is 1. The zero-order chi connectivity index (χ0) is 14.3. The average Bonchev–Trinajstić information content (AvgIpc) is 2.75. The van der Waals surface area contributed by atoms with E-state index in [1.807, 2.05) is 17.4 Å². The van der Waals surface area contributed by atoms with Gasteiger partial charge in [-0.15, -0.1) is 0 Å². The van der Waals surface area contributed by atoms with Crippen molar-refractivity contribution in [3.63, 3.8) is 0 Å². The maximum atomic E-state index is 13.8. The van der Waals surface area contributed by atoms with Crippen molar-refractivity contribution in [1.82, 2.24) is 9.55 Å². The lowest BCUT2D eigenvalue weighted by molar-refractivity contribution is 0.589. The lowest BCUT2D eigenvalue weighted by Gasteiger charge is -2.06. The van der Waals surface area contributed by atoms with E-state index >= 15 is 0 Å². The van der Waals surface area contributed by atoms with E-state index in [1.165, 1.54) is 18.2 Å². The van der Waals surface area contributed by atoms with Crippen LogP contribution in [-0.4, -0.2) is 9.55 Å². The molecule has 3 aromatic rings. The van der Waals surface area contributed by atoms with Crippen LogP contribution in [0.15, 0.2) is 36.4 Å². The second kappa shape index (κ2) is 5.37. The van der Waals surface area contributed by atoms with Crippen LogP contribution >= 0.6 is 28.4 Å². The summed E-state index contributed by atoms with van der Waals surface area (Å²) in [5.41, 5.74) is 2.39. The molecule has 102 valence electrons. The monoisotopic (exact) mass is 402 g/mol. The molecule has 0 amide bonds. The predicted octanol–water partition coefficient (Wildman–Crippen LogP) is 5.08. The van der Waals surface area contributed by atoms with Gasteiger partial charge in [0.2, 0.25) is 0 Å². The molecule has 0 radical (unpaired) electrons. The van der Waals surface area contributed by atoms with Gasteiger partial charge >= 0.3 is 0 Å². The number of halogens is 3. The summed E-state index contributed by atoms with van der Waals surface area (Å²) in [5.74, 6) is -1.10. The third-order valence-electron chi connectivity index (χ3n) is 3.20. The molecular formula is C14H10F2IN2P. The zero-order valence-electron chi connectivity index (χ0n) is 10.5. The number of aromatic nitrogens is 2. The van der Waals surface area contributed by atoms with E-state index < -0.39 is 11.6 Å². The molecule has 0 aliphatic heterocycles. The summed E-state index contributed by atoms with van der Waals surface area (Å²) in [6.07, 6.45) is 0.491. The van der Waals surface area contributed by atoms with Crippen molar-refractivity contribution in [3.8, 4) is 11.1 Å². The molecule has 0 fully saturated rings. The molecule has 20 heavy (non-hydrogen) atoms. The maximum absolute atomic E-state index is 13.8. The summed E-state index contributed by atoms with van der Waals surface area (Å²) in [5, 5.41) is 5.35. The largest absolute Gasteiger partial charge is 0.237 e. The lowest BCUT2D eigenvalue weighted by atomic mass is 10.0. The van der Waals surface area contributed by atoms with Gasteiger partial charge in [-0.25, -0.2) is 13.2 Å². The quantitative estimate of drug-likeness (QED) is 0.432. The Morgan fingerprint density at radius 3 is 2.50 bits per heavy atom. The minimum Gasteiger partial charge on any atom is -0.237 e. The van der Waals surface area contributed by atoms with E-state index in [4.69, 9.17) is 0 Å². The van der Waals surface area contributed by atoms with Crippen LogP contribution in [0.25, 0.3) is 22.0 Å². The highest BCUT2D eigenvalue weighted by atomic mass is 127. The number of nitrogens with zero attached hydrogens (tertiary/aromatic N) is 2. The number of hydrogen-bond acceptors (Lipinski definition) is 1. The van der Waals surface area contributed by atoms with E-state index in [-0.39, 0.29) is 5.56 Å². The molecule has 0 saturated heterocycles. The Bertz CT molecular complexity index is 781. The normalized spacial score (nSPS) is 11.8. The van der Waals surface area contributed by atoms with Crippen molar-refractivity contribution >= 4 is 39.3 Å². The van der Waals surface area contributed by atoms with Crippen molar-refractivity contribution in [2.45, 2.75) is 6.92 Å². The van der Waals surface area contributed by atoms with Crippen molar-refractivity contribution in [3.05, 3.63) is 53.7 Å². The number of benzene rings is 2. The molecule has 2 nitrogen and oxygen atoms in total. The van der Waals surface area contributed by atoms with E-state index in [2.05, 4.69) is 27.1 Å². The summed E-state index contributed by atoms with van der Waals surface area (Å²) in [6, 6.07) is 9.30. The van der Waals surface area contributed by atoms with Crippen molar-refractivity contribution < 1.29 is 8.78 Å². The molecule has 6 heteroatoms. The lowest BCUT2D eigenvalue weighted by Crippen LogP contribution is -1.89. The van der Waals surface area contributed by atoms with Crippen LogP contribution in [0.3, 0.4) is 0 Å². The fourth-order valence-electron chi connectivity index (χ4n) is 2.26. The van der Waals surface area contributed by atoms with Gasteiger partial charge in [0.1, 0.15) is 11.6 Å². The van der Waals surface area contributed by atoms with Crippen LogP contribution in [-0.2, 0) is 0 Å². The molecule has 1 atom stereocenters. The van der Waals surface area contributed by atoms with Gasteiger partial charge in [-0.3, -0.25) is 0 Å². The molecule has 0 aliphatic carbocycles. The highest BCUT2D eigenvalue weighted by Gasteiger charge is 2.13. The van der Waals surface area contributed by atoms with E-state index in [9.17, 15) is 8.78 Å². The fourth-order valence-corrected chi connectivity index (χ4v) is 3.84. The zero-order valence-corrected chi connectivity index (χ0v) is 13.6. The summed E-state index contributed by atoms with van der Waals surface area (Å²) < 4.78 is 29.6. The van der Waals surface area contributed by atoms with Gasteiger partial charge in [0.25, 0.3) is 0 Å². The third-order valence-corrected chi connectivity index (χ3v) is 5.07. The molecule has 1 unspecified atom stereocenters. The first-order valence-corrected chi connectivity index (χ1v) is 9.98. The minimum atomic E-state index is -0.551. The van der Waals surface area contributed by atoms with Crippen molar-refractivity contribution in [2.24, 2.45) is 0 Å². The highest BCUT2D eigenvalue weighted by molar-refractivity contribution is 14.2. The molecule has 2 aromatic carbocycles. The summed E-state index contributed by atoms with van der Waals surface area (Å²) in [6.45, 7) is 1.90. The first-order valence-electron chi connectivity index (χ1n) is 5.92. The molecule has 1 heterocycles. The first-order chi connectivity index (χ1) is 9.61. The van der Waals surface area contributed by atoms with Crippen molar-refractivity contribution in [2.75, 3.05) is 0 Å². The Labute approximate surface area is 129 Å². The smallest absolute Gasteiger partial charge is 0.133 e. The van der Waals surface area contributed by atoms with Crippen LogP contribution < -0.4 is 0 Å². The van der Waals surface area contributed by atoms with Gasteiger partial charge in [0.05, 0.1) is 23.1 Å². The maximum Gasteiger partial charge on any atom is 0.133 e. The standard InChI is InChI=1S/C14H10F2IN2P/c1-8-10-7-9(5-6-13(10)19(18-8)20-17)14-11(15)3-2-4-12(14)16/h2-7,20H,1H3. The van der Waals surface area contributed by atoms with Crippen molar-refractivity contribution in [1.29, 1.82) is 0 Å². The Morgan fingerprint density at radius 1 is 1.15 bits per heavy atom. The average molecular weight is 402 g/mol. The Hall–Kier alpha value is -1.07. The third kappa shape index (κ3) is 2.23. The fraction of sp³-hybridized carbons (Fsp3) is 0.0714. The van der Waals surface area contributed by atoms with E-state index in [1.54, 1.807) is 12.1 Å². The highest BCUT2D eigenvalue weighted by Crippen LogP contribution is 2.34. The molecule has 0 spiro atoms. The predicted molar refractivity (Wildman–Crippen MR) is 87.6 cm³/mol. The molecule has 3 rings (SSSR count). The number of rotatable bonds is 2. The van der Waals surface area contributed by atoms with Crippen LogP contribution in [0.1, 0.15) is 5.69 Å². The van der Waals surface area contributed by atoms with Crippen LogP contribution in [0, 0.1) is 18.6 Å². The topological polar surface area (TPSA) is 17.8 Å². The summed E-state index contributed by atoms with van der Waals surface area (Å²) in [4.78, 5) is 0. The van der Waals surface area contributed by atoms with Gasteiger partial charge < -0.3 is 0 Å².